The summed E-state index contributed by atoms with van der Waals surface area (Å²) in [6.07, 6.45) is 28.5. The van der Waals surface area contributed by atoms with Crippen LogP contribution in [0.3, 0.4) is 0 Å². The van der Waals surface area contributed by atoms with Crippen molar-refractivity contribution in [3.05, 3.63) is 25.3 Å². The molecule has 0 fully saturated rings. The van der Waals surface area contributed by atoms with Gasteiger partial charge in [0.2, 0.25) is 5.91 Å². The summed E-state index contributed by atoms with van der Waals surface area (Å²) in [4.78, 5) is 14.9. The zero-order chi connectivity index (χ0) is 22.1. The number of nitrogens with zero attached hydrogens (tertiary/aromatic N) is 1. The lowest BCUT2D eigenvalue weighted by Crippen LogP contribution is -2.32. The van der Waals surface area contributed by atoms with Crippen molar-refractivity contribution in [2.75, 3.05) is 13.1 Å². The zero-order valence-corrected chi connectivity index (χ0v) is 20.5. The van der Waals surface area contributed by atoms with Crippen LogP contribution < -0.4 is 0 Å². The first-order valence-electron chi connectivity index (χ1n) is 13.3. The molecule has 0 saturated carbocycles. The van der Waals surface area contributed by atoms with E-state index < -0.39 is 0 Å². The highest BCUT2D eigenvalue weighted by Gasteiger charge is 2.12. The van der Waals surface area contributed by atoms with Gasteiger partial charge in [0.25, 0.3) is 0 Å². The Morgan fingerprint density at radius 1 is 0.600 bits per heavy atom. The molecule has 0 saturated heterocycles. The number of hydrogen-bond donors (Lipinski definition) is 0. The fraction of sp³-hybridized carbons (Fsp3) is 0.821. The van der Waals surface area contributed by atoms with Gasteiger partial charge < -0.3 is 4.90 Å². The minimum atomic E-state index is 0.406. The first-order chi connectivity index (χ1) is 14.8. The van der Waals surface area contributed by atoms with Gasteiger partial charge in [0.1, 0.15) is 0 Å². The number of hydrogen-bond acceptors (Lipinski definition) is 1. The molecule has 0 aromatic rings. The molecular weight excluding hydrogens is 366 g/mol. The molecule has 30 heavy (non-hydrogen) atoms. The second-order valence-corrected chi connectivity index (χ2v) is 8.94. The average molecular weight is 420 g/mol. The Hall–Kier alpha value is -1.05. The minimum absolute atomic E-state index is 0.406. The van der Waals surface area contributed by atoms with E-state index in [1.807, 2.05) is 12.2 Å². The van der Waals surface area contributed by atoms with Gasteiger partial charge in [0.15, 0.2) is 0 Å². The van der Waals surface area contributed by atoms with Gasteiger partial charge in [0, 0.05) is 19.5 Å². The van der Waals surface area contributed by atoms with E-state index in [0.717, 1.165) is 38.8 Å². The number of amides is 1. The van der Waals surface area contributed by atoms with E-state index in [9.17, 15) is 4.79 Å². The molecule has 0 aliphatic heterocycles. The van der Waals surface area contributed by atoms with E-state index in [1.165, 1.54) is 103 Å². The molecule has 0 unspecified atom stereocenters. The molecule has 0 spiro atoms. The van der Waals surface area contributed by atoms with Crippen LogP contribution in [0.15, 0.2) is 25.3 Å². The quantitative estimate of drug-likeness (QED) is 0.113. The fourth-order valence-electron chi connectivity index (χ4n) is 4.00. The van der Waals surface area contributed by atoms with Gasteiger partial charge in [-0.1, -0.05) is 96.1 Å². The maximum absolute atomic E-state index is 12.8. The van der Waals surface area contributed by atoms with E-state index >= 15 is 0 Å². The lowest BCUT2D eigenvalue weighted by molar-refractivity contribution is -0.131. The standard InChI is InChI=1S/C28H53NO/c1-4-7-10-13-15-17-20-23-26-29(28(30)25-22-19-12-9-6-3)27-24-21-18-16-14-11-8-5-2/h4-5H,1-2,6-27H2,3H3. The van der Waals surface area contributed by atoms with Crippen LogP contribution in [0.1, 0.15) is 135 Å². The van der Waals surface area contributed by atoms with Crippen LogP contribution in [0.2, 0.25) is 0 Å². The summed E-state index contributed by atoms with van der Waals surface area (Å²) in [5.41, 5.74) is 0. The number of unbranched alkanes of at least 4 members (excludes halogenated alkanes) is 16. The van der Waals surface area contributed by atoms with Crippen LogP contribution in [0.25, 0.3) is 0 Å². The molecule has 0 atom stereocenters. The fourth-order valence-corrected chi connectivity index (χ4v) is 4.00. The van der Waals surface area contributed by atoms with E-state index in [0.29, 0.717) is 5.91 Å². The Kier molecular flexibility index (Phi) is 23.4. The molecule has 2 nitrogen and oxygen atoms in total. The Balaban J connectivity index is 4.03. The molecule has 0 bridgehead atoms. The molecule has 0 N–H and O–H groups in total. The van der Waals surface area contributed by atoms with Gasteiger partial charge in [-0.25, -0.2) is 0 Å². The molecule has 0 aromatic heterocycles. The van der Waals surface area contributed by atoms with Crippen molar-refractivity contribution < 1.29 is 4.79 Å². The Bertz CT molecular complexity index is 366. The summed E-state index contributed by atoms with van der Waals surface area (Å²) in [6, 6.07) is 0. The van der Waals surface area contributed by atoms with Gasteiger partial charge in [0.05, 0.1) is 0 Å². The maximum atomic E-state index is 12.8. The van der Waals surface area contributed by atoms with Gasteiger partial charge in [-0.2, -0.15) is 0 Å². The van der Waals surface area contributed by atoms with Gasteiger partial charge in [-0.3, -0.25) is 4.79 Å². The number of carbonyl (C=O) groups is 1. The Morgan fingerprint density at radius 2 is 1.00 bits per heavy atom. The number of allylic oxidation sites excluding steroid dienone is 2. The molecule has 1 amide bonds. The van der Waals surface area contributed by atoms with Crippen LogP contribution in [-0.4, -0.2) is 23.9 Å². The van der Waals surface area contributed by atoms with E-state index in [2.05, 4.69) is 25.0 Å². The third kappa shape index (κ3) is 20.2. The summed E-state index contributed by atoms with van der Waals surface area (Å²) in [7, 11) is 0. The van der Waals surface area contributed by atoms with Crippen molar-refractivity contribution in [1.82, 2.24) is 4.90 Å². The predicted octanol–water partition coefficient (Wildman–Crippen LogP) is 9.01. The molecule has 0 aliphatic rings. The van der Waals surface area contributed by atoms with Crippen molar-refractivity contribution >= 4 is 5.91 Å². The predicted molar refractivity (Wildman–Crippen MR) is 135 cm³/mol. The molecule has 0 aliphatic carbocycles. The summed E-state index contributed by atoms with van der Waals surface area (Å²) >= 11 is 0. The van der Waals surface area contributed by atoms with E-state index in [-0.39, 0.29) is 0 Å². The van der Waals surface area contributed by atoms with Crippen LogP contribution >= 0.6 is 0 Å². The van der Waals surface area contributed by atoms with Gasteiger partial charge >= 0.3 is 0 Å². The molecule has 0 rings (SSSR count). The molecule has 176 valence electrons. The molecule has 2 heteroatoms. The summed E-state index contributed by atoms with van der Waals surface area (Å²) in [5, 5.41) is 0. The van der Waals surface area contributed by atoms with Crippen molar-refractivity contribution in [2.24, 2.45) is 0 Å². The Morgan fingerprint density at radius 3 is 1.47 bits per heavy atom. The van der Waals surface area contributed by atoms with Crippen LogP contribution in [0, 0.1) is 0 Å². The third-order valence-corrected chi connectivity index (χ3v) is 6.02. The molecular formula is C28H53NO. The lowest BCUT2D eigenvalue weighted by Gasteiger charge is -2.23. The van der Waals surface area contributed by atoms with Crippen molar-refractivity contribution in [3.63, 3.8) is 0 Å². The van der Waals surface area contributed by atoms with Crippen LogP contribution in [0.5, 0.6) is 0 Å². The largest absolute Gasteiger partial charge is 0.343 e. The first-order valence-corrected chi connectivity index (χ1v) is 13.3. The SMILES string of the molecule is C=CCCCCCCCCN(CCCCCCCCC=C)C(=O)CCCCCCC. The Labute approximate surface area is 189 Å². The van der Waals surface area contributed by atoms with Crippen molar-refractivity contribution in [1.29, 1.82) is 0 Å². The number of rotatable bonds is 24. The van der Waals surface area contributed by atoms with Gasteiger partial charge in [-0.05, 0) is 44.9 Å². The van der Waals surface area contributed by atoms with E-state index in [1.54, 1.807) is 0 Å². The lowest BCUT2D eigenvalue weighted by atomic mass is 10.1. The highest BCUT2D eigenvalue weighted by molar-refractivity contribution is 5.76. The zero-order valence-electron chi connectivity index (χ0n) is 20.5. The van der Waals surface area contributed by atoms with Crippen LogP contribution in [-0.2, 0) is 4.79 Å². The minimum Gasteiger partial charge on any atom is -0.343 e. The third-order valence-electron chi connectivity index (χ3n) is 6.02. The van der Waals surface area contributed by atoms with Crippen molar-refractivity contribution in [2.45, 2.75) is 135 Å². The highest BCUT2D eigenvalue weighted by Crippen LogP contribution is 2.13. The van der Waals surface area contributed by atoms with Gasteiger partial charge in [-0.15, -0.1) is 13.2 Å². The second kappa shape index (κ2) is 24.2. The average Bonchev–Trinajstić information content (AvgIpc) is 2.75. The topological polar surface area (TPSA) is 20.3 Å². The normalized spacial score (nSPS) is 10.8. The molecule has 0 radical (unpaired) electrons. The number of carbonyl (C=O) groups excluding carboxylic acids is 1. The molecule has 0 aromatic carbocycles. The second-order valence-electron chi connectivity index (χ2n) is 8.94. The monoisotopic (exact) mass is 419 g/mol. The summed E-state index contributed by atoms with van der Waals surface area (Å²) in [5.74, 6) is 0.406. The first kappa shape index (κ1) is 28.9. The highest BCUT2D eigenvalue weighted by atomic mass is 16.2. The summed E-state index contributed by atoms with van der Waals surface area (Å²) < 4.78 is 0. The maximum Gasteiger partial charge on any atom is 0.222 e. The van der Waals surface area contributed by atoms with Crippen molar-refractivity contribution in [3.8, 4) is 0 Å². The summed E-state index contributed by atoms with van der Waals surface area (Å²) in [6.45, 7) is 11.8. The van der Waals surface area contributed by atoms with E-state index in [4.69, 9.17) is 0 Å². The molecule has 0 heterocycles. The smallest absolute Gasteiger partial charge is 0.222 e. The van der Waals surface area contributed by atoms with Crippen LogP contribution in [0.4, 0.5) is 0 Å².